The molecule has 0 bridgehead atoms. The minimum Gasteiger partial charge on any atom is -0.348 e. The van der Waals surface area contributed by atoms with Crippen molar-refractivity contribution in [1.82, 2.24) is 9.80 Å². The number of likely N-dealkylation sites (N-methyl/N-ethyl adjacent to an activating group) is 1. The Morgan fingerprint density at radius 1 is 1.29 bits per heavy atom. The molecule has 0 N–H and O–H groups in total. The van der Waals surface area contributed by atoms with Crippen LogP contribution in [0.15, 0.2) is 0 Å². The van der Waals surface area contributed by atoms with Gasteiger partial charge in [0.1, 0.15) is 0 Å². The quantitative estimate of drug-likeness (QED) is 0.648. The molecule has 0 saturated carbocycles. The third-order valence-corrected chi connectivity index (χ3v) is 2.02. The van der Waals surface area contributed by atoms with Gasteiger partial charge in [0, 0.05) is 20.6 Å². The van der Waals surface area contributed by atoms with E-state index in [1.54, 1.807) is 4.90 Å². The highest BCUT2D eigenvalue weighted by atomic mass is 16.2. The molecule has 0 rings (SSSR count). The van der Waals surface area contributed by atoms with Gasteiger partial charge in [-0.3, -0.25) is 9.69 Å². The molecule has 3 nitrogen and oxygen atoms in total. The first-order valence-electron chi connectivity index (χ1n) is 5.39. The highest BCUT2D eigenvalue weighted by molar-refractivity contribution is 5.77. The summed E-state index contributed by atoms with van der Waals surface area (Å²) in [7, 11) is 3.61. The summed E-state index contributed by atoms with van der Waals surface area (Å²) in [5, 5.41) is 0. The zero-order chi connectivity index (χ0) is 11.1. The molecule has 14 heavy (non-hydrogen) atoms. The average Bonchev–Trinajstić information content (AvgIpc) is 2.02. The number of rotatable bonds is 6. The predicted octanol–water partition coefficient (Wildman–Crippen LogP) is 1.44. The number of amides is 1. The Hall–Kier alpha value is -0.570. The summed E-state index contributed by atoms with van der Waals surface area (Å²) in [6, 6.07) is 0. The molecule has 0 atom stereocenters. The van der Waals surface area contributed by atoms with E-state index in [1.165, 1.54) is 0 Å². The lowest BCUT2D eigenvalue weighted by Gasteiger charge is -2.24. The van der Waals surface area contributed by atoms with Crippen molar-refractivity contribution in [3.05, 3.63) is 0 Å². The number of nitrogens with zero attached hydrogens (tertiary/aromatic N) is 2. The van der Waals surface area contributed by atoms with Crippen molar-refractivity contribution in [3.8, 4) is 0 Å². The van der Waals surface area contributed by atoms with E-state index in [9.17, 15) is 4.79 Å². The molecule has 0 radical (unpaired) electrons. The molecular formula is C11H24N2O. The summed E-state index contributed by atoms with van der Waals surface area (Å²) >= 11 is 0. The maximum absolute atomic E-state index is 11.5. The van der Waals surface area contributed by atoms with Crippen LogP contribution in [0.2, 0.25) is 0 Å². The van der Waals surface area contributed by atoms with Crippen LogP contribution in [0.1, 0.15) is 27.2 Å². The Bertz CT molecular complexity index is 167. The van der Waals surface area contributed by atoms with Crippen LogP contribution in [0, 0.1) is 5.92 Å². The van der Waals surface area contributed by atoms with E-state index in [4.69, 9.17) is 0 Å². The summed E-state index contributed by atoms with van der Waals surface area (Å²) in [5.41, 5.74) is 0. The van der Waals surface area contributed by atoms with E-state index < -0.39 is 0 Å². The Labute approximate surface area is 88.1 Å². The second-order valence-corrected chi connectivity index (χ2v) is 4.42. The molecule has 0 fully saturated rings. The van der Waals surface area contributed by atoms with Crippen LogP contribution in [-0.2, 0) is 4.79 Å². The first-order chi connectivity index (χ1) is 6.47. The van der Waals surface area contributed by atoms with Gasteiger partial charge in [-0.1, -0.05) is 20.8 Å². The topological polar surface area (TPSA) is 23.6 Å². The van der Waals surface area contributed by atoms with Gasteiger partial charge in [0.05, 0.1) is 6.54 Å². The average molecular weight is 200 g/mol. The normalized spacial score (nSPS) is 11.1. The van der Waals surface area contributed by atoms with Gasteiger partial charge in [0.25, 0.3) is 0 Å². The molecule has 1 amide bonds. The van der Waals surface area contributed by atoms with Gasteiger partial charge in [-0.15, -0.1) is 0 Å². The van der Waals surface area contributed by atoms with Crippen LogP contribution in [0.5, 0.6) is 0 Å². The van der Waals surface area contributed by atoms with Gasteiger partial charge in [0.15, 0.2) is 0 Å². The summed E-state index contributed by atoms with van der Waals surface area (Å²) in [5.74, 6) is 0.815. The first kappa shape index (κ1) is 13.4. The van der Waals surface area contributed by atoms with E-state index in [1.807, 2.05) is 14.1 Å². The summed E-state index contributed by atoms with van der Waals surface area (Å²) in [6.45, 7) is 9.09. The van der Waals surface area contributed by atoms with Crippen molar-refractivity contribution < 1.29 is 4.79 Å². The lowest BCUT2D eigenvalue weighted by atomic mass is 10.2. The summed E-state index contributed by atoms with van der Waals surface area (Å²) in [6.07, 6.45) is 1.10. The molecule has 0 aromatic carbocycles. The highest BCUT2D eigenvalue weighted by Crippen LogP contribution is 2.00. The fraction of sp³-hybridized carbons (Fsp3) is 0.909. The second-order valence-electron chi connectivity index (χ2n) is 4.42. The molecule has 0 unspecified atom stereocenters. The fourth-order valence-corrected chi connectivity index (χ4v) is 1.40. The zero-order valence-corrected chi connectivity index (χ0v) is 10.2. The standard InChI is InChI=1S/C11H24N2O/c1-6-7-13(8-10(2)3)9-11(14)12(4)5/h10H,6-9H2,1-5H3. The number of carbonyl (C=O) groups excluding carboxylic acids is 1. The van der Waals surface area contributed by atoms with Crippen molar-refractivity contribution in [3.63, 3.8) is 0 Å². The van der Waals surface area contributed by atoms with E-state index in [2.05, 4.69) is 25.7 Å². The maximum atomic E-state index is 11.5. The monoisotopic (exact) mass is 200 g/mol. The number of hydrogen-bond acceptors (Lipinski definition) is 2. The van der Waals surface area contributed by atoms with Crippen molar-refractivity contribution >= 4 is 5.91 Å². The molecule has 0 saturated heterocycles. The molecule has 0 aliphatic heterocycles. The molecule has 0 aliphatic carbocycles. The van der Waals surface area contributed by atoms with Crippen molar-refractivity contribution in [2.75, 3.05) is 33.7 Å². The van der Waals surface area contributed by atoms with Crippen LogP contribution in [0.4, 0.5) is 0 Å². The minimum atomic E-state index is 0.194. The maximum Gasteiger partial charge on any atom is 0.236 e. The Morgan fingerprint density at radius 3 is 2.21 bits per heavy atom. The van der Waals surface area contributed by atoms with Crippen LogP contribution in [0.3, 0.4) is 0 Å². The third kappa shape index (κ3) is 5.97. The predicted molar refractivity (Wildman–Crippen MR) is 60.3 cm³/mol. The largest absolute Gasteiger partial charge is 0.348 e. The van der Waals surface area contributed by atoms with Crippen molar-refractivity contribution in [2.45, 2.75) is 27.2 Å². The van der Waals surface area contributed by atoms with Crippen molar-refractivity contribution in [2.24, 2.45) is 5.92 Å². The molecule has 0 aromatic rings. The lowest BCUT2D eigenvalue weighted by molar-refractivity contribution is -0.130. The Morgan fingerprint density at radius 2 is 1.86 bits per heavy atom. The van der Waals surface area contributed by atoms with E-state index in [0.29, 0.717) is 12.5 Å². The fourth-order valence-electron chi connectivity index (χ4n) is 1.40. The van der Waals surface area contributed by atoms with Gasteiger partial charge in [-0.2, -0.15) is 0 Å². The van der Waals surface area contributed by atoms with Gasteiger partial charge in [-0.25, -0.2) is 0 Å². The van der Waals surface area contributed by atoms with Gasteiger partial charge >= 0.3 is 0 Å². The molecule has 0 aliphatic rings. The molecular weight excluding hydrogens is 176 g/mol. The third-order valence-electron chi connectivity index (χ3n) is 2.02. The van der Waals surface area contributed by atoms with Gasteiger partial charge in [-0.05, 0) is 18.9 Å². The van der Waals surface area contributed by atoms with Crippen LogP contribution in [-0.4, -0.2) is 49.4 Å². The zero-order valence-electron chi connectivity index (χ0n) is 10.2. The highest BCUT2D eigenvalue weighted by Gasteiger charge is 2.12. The SMILES string of the molecule is CCCN(CC(=O)N(C)C)CC(C)C. The van der Waals surface area contributed by atoms with Crippen LogP contribution in [0.25, 0.3) is 0 Å². The summed E-state index contributed by atoms with van der Waals surface area (Å²) < 4.78 is 0. The van der Waals surface area contributed by atoms with Gasteiger partial charge < -0.3 is 4.90 Å². The van der Waals surface area contributed by atoms with E-state index >= 15 is 0 Å². The second kappa shape index (κ2) is 6.82. The minimum absolute atomic E-state index is 0.194. The smallest absolute Gasteiger partial charge is 0.236 e. The molecule has 0 heterocycles. The van der Waals surface area contributed by atoms with E-state index in [-0.39, 0.29) is 5.91 Å². The van der Waals surface area contributed by atoms with Gasteiger partial charge in [0.2, 0.25) is 5.91 Å². The molecule has 0 spiro atoms. The first-order valence-corrected chi connectivity index (χ1v) is 5.39. The lowest BCUT2D eigenvalue weighted by Crippen LogP contribution is -2.38. The summed E-state index contributed by atoms with van der Waals surface area (Å²) in [4.78, 5) is 15.4. The molecule has 84 valence electrons. The molecule has 0 aromatic heterocycles. The number of carbonyl (C=O) groups is 1. The Kier molecular flexibility index (Phi) is 6.54. The van der Waals surface area contributed by atoms with Crippen LogP contribution < -0.4 is 0 Å². The van der Waals surface area contributed by atoms with E-state index in [0.717, 1.165) is 19.5 Å². The Balaban J connectivity index is 4.01. The van der Waals surface area contributed by atoms with Crippen molar-refractivity contribution in [1.29, 1.82) is 0 Å². The number of hydrogen-bond donors (Lipinski definition) is 0. The van der Waals surface area contributed by atoms with Crippen LogP contribution >= 0.6 is 0 Å². The molecule has 3 heteroatoms.